The highest BCUT2D eigenvalue weighted by Crippen LogP contribution is 2.44. The third kappa shape index (κ3) is 3.10. The molecular weight excluding hydrogens is 318 g/mol. The number of rotatable bonds is 4. The van der Waals surface area contributed by atoms with E-state index in [1.165, 1.54) is 25.3 Å². The van der Waals surface area contributed by atoms with Gasteiger partial charge in [-0.15, -0.1) is 0 Å². The number of nitrogens with one attached hydrogen (secondary N) is 1. The number of nitro benzene ring substituents is 1. The number of fused-ring (bicyclic) bond motifs is 1. The fourth-order valence-electron chi connectivity index (χ4n) is 4.60. The molecule has 0 bridgehead atoms. The third-order valence-electron chi connectivity index (χ3n) is 6.05. The van der Waals surface area contributed by atoms with Crippen molar-refractivity contribution in [1.82, 2.24) is 5.32 Å². The fraction of sp³-hybridized carbons (Fsp3) is 0.632. The van der Waals surface area contributed by atoms with E-state index in [1.54, 1.807) is 12.1 Å². The molecular formula is C19H25N3O3. The number of nitro groups is 1. The molecule has 1 saturated heterocycles. The van der Waals surface area contributed by atoms with E-state index in [-0.39, 0.29) is 22.6 Å². The van der Waals surface area contributed by atoms with Crippen LogP contribution in [0.3, 0.4) is 0 Å². The molecule has 1 aromatic rings. The molecule has 2 aliphatic carbocycles. The summed E-state index contributed by atoms with van der Waals surface area (Å²) in [6.07, 6.45) is 6.79. The maximum atomic E-state index is 12.2. The van der Waals surface area contributed by atoms with Gasteiger partial charge in [0, 0.05) is 30.3 Å². The van der Waals surface area contributed by atoms with Crippen LogP contribution in [0, 0.1) is 22.0 Å². The smallest absolute Gasteiger partial charge is 0.293 e. The van der Waals surface area contributed by atoms with E-state index in [9.17, 15) is 14.9 Å². The van der Waals surface area contributed by atoms with Gasteiger partial charge in [0.15, 0.2) is 0 Å². The molecule has 4 rings (SSSR count). The van der Waals surface area contributed by atoms with Crippen LogP contribution in [0.15, 0.2) is 18.2 Å². The Balaban J connectivity index is 1.64. The minimum absolute atomic E-state index is 0.0573. The summed E-state index contributed by atoms with van der Waals surface area (Å²) in [5, 5.41) is 14.6. The Hall–Kier alpha value is -2.11. The van der Waals surface area contributed by atoms with Crippen molar-refractivity contribution < 1.29 is 9.72 Å². The Bertz CT molecular complexity index is 701. The maximum Gasteiger partial charge on any atom is 0.293 e. The summed E-state index contributed by atoms with van der Waals surface area (Å²) < 4.78 is 0. The van der Waals surface area contributed by atoms with Crippen LogP contribution in [0.25, 0.3) is 0 Å². The van der Waals surface area contributed by atoms with Gasteiger partial charge in [-0.2, -0.15) is 0 Å². The number of anilines is 1. The second kappa shape index (κ2) is 6.32. The molecule has 3 aliphatic rings. The maximum absolute atomic E-state index is 12.2. The standard InChI is InChI=1S/C19H25N3O3/c1-12-11-21(16-5-3-2-4-15(12)16)17-9-6-13(10-18(17)22(24)25)19(23)20-14-7-8-14/h6,9-10,12,14-16H,2-5,7-8,11H2,1H3,(H,20,23). The van der Waals surface area contributed by atoms with Crippen molar-refractivity contribution in [3.8, 4) is 0 Å². The molecule has 6 heteroatoms. The first kappa shape index (κ1) is 16.4. The van der Waals surface area contributed by atoms with Crippen molar-refractivity contribution in [2.75, 3.05) is 11.4 Å². The molecule has 1 heterocycles. The molecule has 134 valence electrons. The average Bonchev–Trinajstić information content (AvgIpc) is 3.36. The van der Waals surface area contributed by atoms with Gasteiger partial charge in [-0.25, -0.2) is 0 Å². The van der Waals surface area contributed by atoms with Gasteiger partial charge in [-0.1, -0.05) is 19.8 Å². The lowest BCUT2D eigenvalue weighted by Gasteiger charge is -2.33. The van der Waals surface area contributed by atoms with Gasteiger partial charge >= 0.3 is 0 Å². The van der Waals surface area contributed by atoms with E-state index >= 15 is 0 Å². The average molecular weight is 343 g/mol. The molecule has 3 fully saturated rings. The summed E-state index contributed by atoms with van der Waals surface area (Å²) in [4.78, 5) is 25.8. The second-order valence-corrected chi connectivity index (χ2v) is 7.85. The zero-order valence-electron chi connectivity index (χ0n) is 14.6. The van der Waals surface area contributed by atoms with Gasteiger partial charge in [-0.3, -0.25) is 14.9 Å². The Labute approximate surface area is 147 Å². The molecule has 2 saturated carbocycles. The SMILES string of the molecule is CC1CN(c2ccc(C(=O)NC3CC3)cc2[N+](=O)[O-])C2CCCCC12. The van der Waals surface area contributed by atoms with E-state index < -0.39 is 0 Å². The zero-order valence-corrected chi connectivity index (χ0v) is 14.6. The monoisotopic (exact) mass is 343 g/mol. The number of amides is 1. The first-order chi connectivity index (χ1) is 12.0. The molecule has 0 spiro atoms. The van der Waals surface area contributed by atoms with Crippen LogP contribution in [0.4, 0.5) is 11.4 Å². The molecule has 1 amide bonds. The normalized spacial score (nSPS) is 28.5. The van der Waals surface area contributed by atoms with Crippen LogP contribution >= 0.6 is 0 Å². The summed E-state index contributed by atoms with van der Waals surface area (Å²) >= 11 is 0. The van der Waals surface area contributed by atoms with E-state index in [2.05, 4.69) is 17.1 Å². The number of hydrogen-bond acceptors (Lipinski definition) is 4. The van der Waals surface area contributed by atoms with E-state index in [1.807, 2.05) is 0 Å². The Morgan fingerprint density at radius 2 is 2.00 bits per heavy atom. The third-order valence-corrected chi connectivity index (χ3v) is 6.05. The lowest BCUT2D eigenvalue weighted by molar-refractivity contribution is -0.384. The van der Waals surface area contributed by atoms with Crippen LogP contribution < -0.4 is 10.2 Å². The van der Waals surface area contributed by atoms with Gasteiger partial charge < -0.3 is 10.2 Å². The lowest BCUT2D eigenvalue weighted by atomic mass is 9.80. The Morgan fingerprint density at radius 1 is 1.24 bits per heavy atom. The van der Waals surface area contributed by atoms with Gasteiger partial charge in [0.1, 0.15) is 5.69 Å². The highest BCUT2D eigenvalue weighted by Gasteiger charge is 2.42. The second-order valence-electron chi connectivity index (χ2n) is 7.85. The lowest BCUT2D eigenvalue weighted by Crippen LogP contribution is -2.35. The van der Waals surface area contributed by atoms with Crippen molar-refractivity contribution in [2.24, 2.45) is 11.8 Å². The number of benzene rings is 1. The summed E-state index contributed by atoms with van der Waals surface area (Å²) in [7, 11) is 0. The molecule has 6 nitrogen and oxygen atoms in total. The van der Waals surface area contributed by atoms with Crippen molar-refractivity contribution in [3.05, 3.63) is 33.9 Å². The summed E-state index contributed by atoms with van der Waals surface area (Å²) in [5.74, 6) is 0.983. The van der Waals surface area contributed by atoms with Crippen LogP contribution in [-0.2, 0) is 0 Å². The van der Waals surface area contributed by atoms with E-state index in [0.29, 0.717) is 29.1 Å². The minimum atomic E-state index is -0.343. The van der Waals surface area contributed by atoms with Crippen LogP contribution in [0.1, 0.15) is 55.8 Å². The zero-order chi connectivity index (χ0) is 17.6. The molecule has 0 aromatic heterocycles. The van der Waals surface area contributed by atoms with E-state index in [4.69, 9.17) is 0 Å². The van der Waals surface area contributed by atoms with Gasteiger partial charge in [0.25, 0.3) is 11.6 Å². The quantitative estimate of drug-likeness (QED) is 0.670. The molecule has 1 aliphatic heterocycles. The summed E-state index contributed by atoms with van der Waals surface area (Å²) in [5.41, 5.74) is 1.12. The first-order valence-electron chi connectivity index (χ1n) is 9.40. The minimum Gasteiger partial charge on any atom is -0.362 e. The van der Waals surface area contributed by atoms with E-state index in [0.717, 1.165) is 25.8 Å². The topological polar surface area (TPSA) is 75.5 Å². The van der Waals surface area contributed by atoms with Gasteiger partial charge in [0.05, 0.1) is 4.92 Å². The van der Waals surface area contributed by atoms with Gasteiger partial charge in [-0.05, 0) is 49.7 Å². The molecule has 0 radical (unpaired) electrons. The first-order valence-corrected chi connectivity index (χ1v) is 9.40. The number of hydrogen-bond donors (Lipinski definition) is 1. The Kier molecular flexibility index (Phi) is 4.13. The molecule has 3 unspecified atom stereocenters. The predicted molar refractivity (Wildman–Crippen MR) is 95.8 cm³/mol. The number of carbonyl (C=O) groups excluding carboxylic acids is 1. The number of nitrogens with zero attached hydrogens (tertiary/aromatic N) is 2. The van der Waals surface area contributed by atoms with Crippen LogP contribution in [-0.4, -0.2) is 29.5 Å². The predicted octanol–water partition coefficient (Wildman–Crippen LogP) is 3.50. The molecule has 25 heavy (non-hydrogen) atoms. The fourth-order valence-corrected chi connectivity index (χ4v) is 4.60. The van der Waals surface area contributed by atoms with Crippen molar-refractivity contribution in [2.45, 2.75) is 57.5 Å². The molecule has 1 aromatic carbocycles. The molecule has 1 N–H and O–H groups in total. The Morgan fingerprint density at radius 3 is 2.72 bits per heavy atom. The van der Waals surface area contributed by atoms with Crippen molar-refractivity contribution in [3.63, 3.8) is 0 Å². The summed E-state index contributed by atoms with van der Waals surface area (Å²) in [6.45, 7) is 3.12. The summed E-state index contributed by atoms with van der Waals surface area (Å²) in [6, 6.07) is 5.61. The van der Waals surface area contributed by atoms with Gasteiger partial charge in [0.2, 0.25) is 0 Å². The largest absolute Gasteiger partial charge is 0.362 e. The van der Waals surface area contributed by atoms with Crippen LogP contribution in [0.2, 0.25) is 0 Å². The molecule has 3 atom stereocenters. The highest BCUT2D eigenvalue weighted by atomic mass is 16.6. The van der Waals surface area contributed by atoms with Crippen molar-refractivity contribution in [1.29, 1.82) is 0 Å². The van der Waals surface area contributed by atoms with Crippen molar-refractivity contribution >= 4 is 17.3 Å². The van der Waals surface area contributed by atoms with Crippen LogP contribution in [0.5, 0.6) is 0 Å². The highest BCUT2D eigenvalue weighted by molar-refractivity contribution is 5.96. The number of carbonyl (C=O) groups is 1.